The molecule has 0 amide bonds. The Bertz CT molecular complexity index is 697. The van der Waals surface area contributed by atoms with E-state index in [0.717, 1.165) is 23.6 Å². The molecule has 0 spiro atoms. The van der Waals surface area contributed by atoms with Crippen molar-refractivity contribution in [1.29, 1.82) is 0 Å². The lowest BCUT2D eigenvalue weighted by atomic mass is 10.1. The Kier molecular flexibility index (Phi) is 34.8. The third-order valence-electron chi connectivity index (χ3n) is 4.58. The molecular weight excluding hydrogens is 438 g/mol. The van der Waals surface area contributed by atoms with Crippen molar-refractivity contribution in [2.45, 2.75) is 115 Å². The maximum Gasteiger partial charge on any atom is 0.152 e. The number of carbonyl (C=O) groups excluding carboxylic acids is 1. The van der Waals surface area contributed by atoms with Gasteiger partial charge in [0.05, 0.1) is 0 Å². The lowest BCUT2D eigenvalue weighted by Gasteiger charge is -2.03. The molecule has 36 heavy (non-hydrogen) atoms. The lowest BCUT2D eigenvalue weighted by molar-refractivity contribution is -0.112. The van der Waals surface area contributed by atoms with Crippen LogP contribution in [0, 0.1) is 12.8 Å². The van der Waals surface area contributed by atoms with Gasteiger partial charge in [0, 0.05) is 12.2 Å². The van der Waals surface area contributed by atoms with Gasteiger partial charge in [-0.05, 0) is 77.7 Å². The van der Waals surface area contributed by atoms with Gasteiger partial charge < -0.3 is 5.32 Å². The molecule has 1 aliphatic carbocycles. The van der Waals surface area contributed by atoms with Gasteiger partial charge in [0.25, 0.3) is 0 Å². The second-order valence-corrected chi connectivity index (χ2v) is 8.86. The lowest BCUT2D eigenvalue weighted by Crippen LogP contribution is -1.98. The molecule has 1 aliphatic rings. The number of rotatable bonds is 6. The van der Waals surface area contributed by atoms with E-state index in [1.807, 2.05) is 61.5 Å². The van der Waals surface area contributed by atoms with Gasteiger partial charge in [0.1, 0.15) is 0 Å². The molecule has 0 unspecified atom stereocenters. The maximum atomic E-state index is 10.5. The minimum absolute atomic E-state index is 0.0607. The van der Waals surface area contributed by atoms with E-state index < -0.39 is 0 Å². The van der Waals surface area contributed by atoms with Gasteiger partial charge in [-0.25, -0.2) is 0 Å². The van der Waals surface area contributed by atoms with Gasteiger partial charge in [-0.1, -0.05) is 115 Å². The van der Waals surface area contributed by atoms with E-state index in [4.69, 9.17) is 0 Å². The number of hydrogen-bond donors (Lipinski definition) is 1. The van der Waals surface area contributed by atoms with Crippen molar-refractivity contribution in [1.82, 2.24) is 0 Å². The molecule has 0 aliphatic heterocycles. The van der Waals surface area contributed by atoms with Crippen LogP contribution in [-0.4, -0.2) is 12.3 Å². The Morgan fingerprint density at radius 3 is 1.67 bits per heavy atom. The molecule has 0 atom stereocenters. The monoisotopic (exact) mass is 499 g/mol. The van der Waals surface area contributed by atoms with Crippen LogP contribution in [0.4, 0.5) is 5.69 Å². The average molecular weight is 500 g/mol. The third kappa shape index (κ3) is 33.8. The summed E-state index contributed by atoms with van der Waals surface area (Å²) in [4.78, 5) is 10.5. The molecule has 2 nitrogen and oxygen atoms in total. The molecule has 0 saturated heterocycles. The van der Waals surface area contributed by atoms with Crippen molar-refractivity contribution in [3.05, 3.63) is 77.9 Å². The number of benzene rings is 1. The second kappa shape index (κ2) is 30.7. The standard InChI is InChI=1S/C10H15N.C10H14O.C6H12.C4H8.2C2H6/c1-3-8-11-10-6-4-9(2)5-7-10;1-5-10(8(2)3)7-6-9(4)11;1-6-4-2-3-5-6;1-4(2)3;2*1-2/h4-7,11H,3,8H2,1-2H3;5-7H,2H2,1,3-4H3;6H,2-5H2,1H3;1H2,2-3H3;2*1-2H3/b;7-6-,10-5-;;;;. The maximum absolute atomic E-state index is 10.5. The van der Waals surface area contributed by atoms with Crippen LogP contribution < -0.4 is 5.32 Å². The number of aryl methyl sites for hydroxylation is 1. The highest BCUT2D eigenvalue weighted by molar-refractivity contribution is 5.87. The topological polar surface area (TPSA) is 29.1 Å². The van der Waals surface area contributed by atoms with Crippen molar-refractivity contribution in [2.75, 3.05) is 11.9 Å². The highest BCUT2D eigenvalue weighted by atomic mass is 16.1. The Morgan fingerprint density at radius 2 is 1.39 bits per heavy atom. The number of carbonyl (C=O) groups is 1. The van der Waals surface area contributed by atoms with Crippen LogP contribution in [0.1, 0.15) is 114 Å². The highest BCUT2D eigenvalue weighted by Gasteiger charge is 2.07. The first-order valence-corrected chi connectivity index (χ1v) is 14.0. The molecule has 0 heterocycles. The summed E-state index contributed by atoms with van der Waals surface area (Å²) in [6.07, 6.45) is 12.4. The summed E-state index contributed by atoms with van der Waals surface area (Å²) in [6.45, 7) is 32.3. The van der Waals surface area contributed by atoms with Crippen LogP contribution in [0.3, 0.4) is 0 Å². The van der Waals surface area contributed by atoms with Gasteiger partial charge in [-0.3, -0.25) is 4.79 Å². The quantitative estimate of drug-likeness (QED) is 0.239. The first kappa shape index (κ1) is 40.8. The smallest absolute Gasteiger partial charge is 0.152 e. The fraction of sp³-hybridized carbons (Fsp3) is 0.559. The molecule has 1 aromatic rings. The van der Waals surface area contributed by atoms with Crippen molar-refractivity contribution in [3.8, 4) is 0 Å². The van der Waals surface area contributed by atoms with Crippen molar-refractivity contribution in [2.24, 2.45) is 5.92 Å². The first-order chi connectivity index (χ1) is 17.0. The van der Waals surface area contributed by atoms with E-state index in [2.05, 4.69) is 63.5 Å². The van der Waals surface area contributed by atoms with Gasteiger partial charge in [0.2, 0.25) is 0 Å². The summed E-state index contributed by atoms with van der Waals surface area (Å²) in [5, 5.41) is 3.32. The van der Waals surface area contributed by atoms with Crippen LogP contribution >= 0.6 is 0 Å². The zero-order valence-electron chi connectivity index (χ0n) is 26.2. The minimum Gasteiger partial charge on any atom is -0.385 e. The van der Waals surface area contributed by atoms with Gasteiger partial charge >= 0.3 is 0 Å². The Labute approximate surface area is 227 Å². The van der Waals surface area contributed by atoms with Gasteiger partial charge in [-0.2, -0.15) is 0 Å². The molecule has 1 N–H and O–H groups in total. The van der Waals surface area contributed by atoms with Crippen LogP contribution in [0.15, 0.2) is 72.4 Å². The normalized spacial score (nSPS) is 11.9. The zero-order chi connectivity index (χ0) is 28.9. The van der Waals surface area contributed by atoms with Gasteiger partial charge in [-0.15, -0.1) is 6.58 Å². The summed E-state index contributed by atoms with van der Waals surface area (Å²) in [5.41, 5.74) is 5.69. The predicted molar refractivity (Wildman–Crippen MR) is 169 cm³/mol. The number of hydrogen-bond acceptors (Lipinski definition) is 2. The van der Waals surface area contributed by atoms with E-state index in [-0.39, 0.29) is 5.78 Å². The summed E-state index contributed by atoms with van der Waals surface area (Å²) < 4.78 is 0. The molecule has 1 saturated carbocycles. The SMILES string of the molecule is C=C(C)C.C=C(C)C(/C=C\C(C)=O)=C\C.CC.CC.CC1CCCC1.CCCNc1ccc(C)cc1. The van der Waals surface area contributed by atoms with E-state index in [0.29, 0.717) is 0 Å². The number of nitrogens with one attached hydrogen (secondary N) is 1. The highest BCUT2D eigenvalue weighted by Crippen LogP contribution is 2.22. The minimum atomic E-state index is 0.0607. The van der Waals surface area contributed by atoms with E-state index in [1.165, 1.54) is 55.9 Å². The molecule has 0 bridgehead atoms. The number of ketones is 1. The van der Waals surface area contributed by atoms with Crippen molar-refractivity contribution in [3.63, 3.8) is 0 Å². The fourth-order valence-corrected chi connectivity index (χ4v) is 2.76. The Balaban J connectivity index is -0.000000191. The Hall–Kier alpha value is -2.35. The Morgan fingerprint density at radius 1 is 0.944 bits per heavy atom. The summed E-state index contributed by atoms with van der Waals surface area (Å²) in [6, 6.07) is 8.48. The number of anilines is 1. The molecule has 1 aromatic carbocycles. The molecule has 208 valence electrons. The van der Waals surface area contributed by atoms with Crippen LogP contribution in [0.2, 0.25) is 0 Å². The molecule has 2 heteroatoms. The molecule has 1 fully saturated rings. The van der Waals surface area contributed by atoms with Crippen molar-refractivity contribution >= 4 is 11.5 Å². The fourth-order valence-electron chi connectivity index (χ4n) is 2.76. The van der Waals surface area contributed by atoms with E-state index in [1.54, 1.807) is 12.2 Å². The van der Waals surface area contributed by atoms with Crippen LogP contribution in [0.5, 0.6) is 0 Å². The largest absolute Gasteiger partial charge is 0.385 e. The number of allylic oxidation sites excluding steroid dienone is 6. The summed E-state index contributed by atoms with van der Waals surface area (Å²) >= 11 is 0. The summed E-state index contributed by atoms with van der Waals surface area (Å²) in [7, 11) is 0. The first-order valence-electron chi connectivity index (χ1n) is 14.0. The zero-order valence-corrected chi connectivity index (χ0v) is 26.2. The average Bonchev–Trinajstić information content (AvgIpc) is 3.33. The van der Waals surface area contributed by atoms with Gasteiger partial charge in [0.15, 0.2) is 5.78 Å². The van der Waals surface area contributed by atoms with Crippen LogP contribution in [0.25, 0.3) is 0 Å². The molecule has 0 radical (unpaired) electrons. The van der Waals surface area contributed by atoms with E-state index >= 15 is 0 Å². The second-order valence-electron chi connectivity index (χ2n) is 8.86. The molecule has 2 rings (SSSR count). The van der Waals surface area contributed by atoms with Crippen molar-refractivity contribution < 1.29 is 4.79 Å². The third-order valence-corrected chi connectivity index (χ3v) is 4.58. The predicted octanol–water partition coefficient (Wildman–Crippen LogP) is 11.3. The summed E-state index contributed by atoms with van der Waals surface area (Å²) in [5.74, 6) is 1.11. The van der Waals surface area contributed by atoms with E-state index in [9.17, 15) is 4.79 Å². The molecule has 0 aromatic heterocycles. The molecular formula is C34H61NO. The van der Waals surface area contributed by atoms with Crippen LogP contribution in [-0.2, 0) is 4.79 Å².